The fourth-order valence-corrected chi connectivity index (χ4v) is 5.09. The highest BCUT2D eigenvalue weighted by atomic mass is 16.6. The van der Waals surface area contributed by atoms with Crippen LogP contribution in [0.15, 0.2) is 72.9 Å². The van der Waals surface area contributed by atoms with E-state index in [4.69, 9.17) is 14.2 Å². The largest absolute Gasteiger partial charge is 0.456 e. The van der Waals surface area contributed by atoms with Crippen LogP contribution in [0.2, 0.25) is 0 Å². The molecule has 2 N–H and O–H groups in total. The van der Waals surface area contributed by atoms with E-state index in [-0.39, 0.29) is 24.4 Å². The lowest BCUT2D eigenvalue weighted by Crippen LogP contribution is -2.32. The summed E-state index contributed by atoms with van der Waals surface area (Å²) in [4.78, 5) is 12.6. The van der Waals surface area contributed by atoms with Crippen molar-refractivity contribution in [3.8, 4) is 0 Å². The van der Waals surface area contributed by atoms with E-state index in [0.717, 1.165) is 30.4 Å². The Balaban J connectivity index is 1.47. The molecule has 6 heteroatoms. The maximum absolute atomic E-state index is 12.6. The number of ether oxygens (including phenoxy) is 3. The fourth-order valence-electron chi connectivity index (χ4n) is 5.09. The van der Waals surface area contributed by atoms with Gasteiger partial charge in [0.2, 0.25) is 0 Å². The summed E-state index contributed by atoms with van der Waals surface area (Å²) in [6.45, 7) is 6.38. The van der Waals surface area contributed by atoms with Crippen LogP contribution in [0.5, 0.6) is 0 Å². The van der Waals surface area contributed by atoms with Crippen molar-refractivity contribution < 1.29 is 29.2 Å². The minimum Gasteiger partial charge on any atom is -0.456 e. The first-order chi connectivity index (χ1) is 17.4. The molecule has 194 valence electrons. The topological polar surface area (TPSA) is 88.5 Å². The number of fused-ring (bicyclic) bond motifs is 3. The molecule has 1 fully saturated rings. The summed E-state index contributed by atoms with van der Waals surface area (Å²) in [6.07, 6.45) is 11.6. The Hall–Kier alpha value is -2.51. The van der Waals surface area contributed by atoms with Crippen molar-refractivity contribution >= 4 is 12.0 Å². The summed E-state index contributed by atoms with van der Waals surface area (Å²) >= 11 is 0. The standard InChI is InChI=1S/C30H38O6/c1-20-16-21(2)18-26(32)30-28(36-30)19-27(25(31)15-14-22-8-4-3-5-9-22)35-29(33)13-7-11-23-10-6-12-24(17-20)34-23/h3-10,13-15,20,23-28,30-32H,2,11-12,16-19H2,1H3/b13-7-,15-14+/t20-,23-,24-,25-,26-,27-,28-,30-/m0/s1. The van der Waals surface area contributed by atoms with Crippen molar-refractivity contribution in [2.75, 3.05) is 0 Å². The zero-order valence-electron chi connectivity index (χ0n) is 20.9. The van der Waals surface area contributed by atoms with Crippen molar-refractivity contribution in [2.24, 2.45) is 5.92 Å². The summed E-state index contributed by atoms with van der Waals surface area (Å²) in [5, 5.41) is 21.6. The van der Waals surface area contributed by atoms with Crippen LogP contribution >= 0.6 is 0 Å². The third kappa shape index (κ3) is 8.00. The minimum atomic E-state index is -1.02. The average molecular weight is 495 g/mol. The first-order valence-electron chi connectivity index (χ1n) is 13.0. The van der Waals surface area contributed by atoms with Gasteiger partial charge in [-0.3, -0.25) is 0 Å². The lowest BCUT2D eigenvalue weighted by Gasteiger charge is -2.28. The molecule has 0 spiro atoms. The van der Waals surface area contributed by atoms with E-state index in [9.17, 15) is 15.0 Å². The Labute approximate surface area is 214 Å². The Morgan fingerprint density at radius 1 is 1.08 bits per heavy atom. The van der Waals surface area contributed by atoms with Crippen LogP contribution in [0.4, 0.5) is 0 Å². The lowest BCUT2D eigenvalue weighted by molar-refractivity contribution is -0.147. The number of aliphatic hydroxyl groups excluding tert-OH is 2. The second-order valence-electron chi connectivity index (χ2n) is 10.3. The molecular weight excluding hydrogens is 456 g/mol. The van der Waals surface area contributed by atoms with Gasteiger partial charge in [-0.05, 0) is 43.6 Å². The first kappa shape index (κ1) is 26.6. The third-order valence-corrected chi connectivity index (χ3v) is 6.94. The van der Waals surface area contributed by atoms with Gasteiger partial charge in [-0.15, -0.1) is 0 Å². The Morgan fingerprint density at radius 3 is 2.69 bits per heavy atom. The molecular formula is C30H38O6. The number of cyclic esters (lactones) is 1. The molecule has 1 saturated heterocycles. The third-order valence-electron chi connectivity index (χ3n) is 6.94. The van der Waals surface area contributed by atoms with E-state index in [1.54, 1.807) is 18.2 Å². The predicted molar refractivity (Wildman–Crippen MR) is 139 cm³/mol. The summed E-state index contributed by atoms with van der Waals surface area (Å²) in [5.74, 6) is -0.137. The molecule has 4 rings (SSSR count). The molecule has 0 aromatic heterocycles. The Bertz CT molecular complexity index is 967. The second kappa shape index (κ2) is 12.6. The minimum absolute atomic E-state index is 0.0836. The summed E-state index contributed by atoms with van der Waals surface area (Å²) < 4.78 is 17.6. The molecule has 6 nitrogen and oxygen atoms in total. The van der Waals surface area contributed by atoms with Crippen LogP contribution in [-0.2, 0) is 19.0 Å². The Morgan fingerprint density at radius 2 is 1.89 bits per heavy atom. The smallest absolute Gasteiger partial charge is 0.330 e. The molecule has 8 atom stereocenters. The van der Waals surface area contributed by atoms with Crippen molar-refractivity contribution in [3.05, 3.63) is 78.4 Å². The van der Waals surface area contributed by atoms with Gasteiger partial charge in [0.1, 0.15) is 18.3 Å². The molecule has 0 radical (unpaired) electrons. The predicted octanol–water partition coefficient (Wildman–Crippen LogP) is 4.53. The van der Waals surface area contributed by atoms with Gasteiger partial charge in [0, 0.05) is 12.5 Å². The summed E-state index contributed by atoms with van der Waals surface area (Å²) in [6, 6.07) is 9.61. The average Bonchev–Trinajstić information content (AvgIpc) is 3.62. The first-order valence-corrected chi connectivity index (χ1v) is 13.0. The number of rotatable bonds is 3. The second-order valence-corrected chi connectivity index (χ2v) is 10.3. The van der Waals surface area contributed by atoms with Gasteiger partial charge in [-0.1, -0.05) is 79.8 Å². The van der Waals surface area contributed by atoms with Crippen LogP contribution in [0.3, 0.4) is 0 Å². The number of benzene rings is 1. The molecule has 3 aliphatic rings. The molecule has 0 unspecified atom stereocenters. The summed E-state index contributed by atoms with van der Waals surface area (Å²) in [5.41, 5.74) is 1.93. The van der Waals surface area contributed by atoms with E-state index in [1.165, 1.54) is 6.08 Å². The molecule has 3 aliphatic heterocycles. The van der Waals surface area contributed by atoms with Crippen LogP contribution in [0.1, 0.15) is 51.0 Å². The Kier molecular flexibility index (Phi) is 9.32. The number of carbonyl (C=O) groups excluding carboxylic acids is 1. The zero-order chi connectivity index (χ0) is 25.5. The number of carbonyl (C=O) groups is 1. The number of hydrogen-bond donors (Lipinski definition) is 2. The van der Waals surface area contributed by atoms with Crippen molar-refractivity contribution in [1.29, 1.82) is 0 Å². The van der Waals surface area contributed by atoms with Gasteiger partial charge >= 0.3 is 5.97 Å². The lowest BCUT2D eigenvalue weighted by atomic mass is 9.91. The fraction of sp³-hybridized carbons (Fsp3) is 0.500. The van der Waals surface area contributed by atoms with Crippen LogP contribution in [-0.4, -0.2) is 58.9 Å². The molecule has 0 saturated carbocycles. The van der Waals surface area contributed by atoms with Gasteiger partial charge in [0.15, 0.2) is 0 Å². The maximum Gasteiger partial charge on any atom is 0.330 e. The van der Waals surface area contributed by atoms with Gasteiger partial charge in [0.05, 0.1) is 24.4 Å². The molecule has 1 aromatic rings. The van der Waals surface area contributed by atoms with E-state index in [2.05, 4.69) is 19.6 Å². The molecule has 36 heavy (non-hydrogen) atoms. The highest BCUT2D eigenvalue weighted by Crippen LogP contribution is 2.34. The summed E-state index contributed by atoms with van der Waals surface area (Å²) in [7, 11) is 0. The number of epoxide rings is 1. The van der Waals surface area contributed by atoms with Crippen LogP contribution in [0.25, 0.3) is 6.08 Å². The van der Waals surface area contributed by atoms with E-state index < -0.39 is 24.3 Å². The normalized spacial score (nSPS) is 35.8. The maximum atomic E-state index is 12.6. The zero-order valence-corrected chi connectivity index (χ0v) is 20.9. The monoisotopic (exact) mass is 494 g/mol. The molecule has 0 amide bonds. The quantitative estimate of drug-likeness (QED) is 0.365. The SMILES string of the molecule is C=C1C[C@H](C)C[C@@H]2CC=C[C@@H](C/C=C\C(=O)O[C@H]([C@@H](O)/C=C/c3ccccc3)C[C@@H]3O[C@H]3[C@@H](O)C1)O2. The number of aliphatic hydroxyl groups is 2. The number of hydrogen-bond acceptors (Lipinski definition) is 6. The van der Waals surface area contributed by atoms with Crippen molar-refractivity contribution in [1.82, 2.24) is 0 Å². The highest BCUT2D eigenvalue weighted by Gasteiger charge is 2.46. The molecule has 0 aliphatic carbocycles. The van der Waals surface area contributed by atoms with E-state index >= 15 is 0 Å². The highest BCUT2D eigenvalue weighted by molar-refractivity contribution is 5.82. The molecule has 1 aromatic carbocycles. The number of esters is 1. The molecule has 2 bridgehead atoms. The van der Waals surface area contributed by atoms with Gasteiger partial charge in [0.25, 0.3) is 0 Å². The van der Waals surface area contributed by atoms with Crippen LogP contribution in [0, 0.1) is 5.92 Å². The van der Waals surface area contributed by atoms with Gasteiger partial charge < -0.3 is 24.4 Å². The van der Waals surface area contributed by atoms with Gasteiger partial charge in [-0.25, -0.2) is 4.79 Å². The van der Waals surface area contributed by atoms with E-state index in [0.29, 0.717) is 25.2 Å². The van der Waals surface area contributed by atoms with Crippen LogP contribution < -0.4 is 0 Å². The van der Waals surface area contributed by atoms with Gasteiger partial charge in [-0.2, -0.15) is 0 Å². The molecule has 3 heterocycles. The van der Waals surface area contributed by atoms with Crippen molar-refractivity contribution in [3.63, 3.8) is 0 Å². The van der Waals surface area contributed by atoms with E-state index in [1.807, 2.05) is 36.4 Å². The van der Waals surface area contributed by atoms with Crippen molar-refractivity contribution in [2.45, 2.75) is 88.2 Å².